The molecule has 1 atom stereocenters. The number of anilines is 1. The minimum Gasteiger partial charge on any atom is -0.503 e. The van der Waals surface area contributed by atoms with Gasteiger partial charge in [0.15, 0.2) is 17.3 Å². The number of nitriles is 1. The Morgan fingerprint density at radius 1 is 1.08 bits per heavy atom. The van der Waals surface area contributed by atoms with Gasteiger partial charge in [0, 0.05) is 22.2 Å². The van der Waals surface area contributed by atoms with Gasteiger partial charge in [-0.3, -0.25) is 24.6 Å². The number of nitro groups is 1. The fraction of sp³-hybridized carbons (Fsp3) is 0.0385. The Bertz CT molecular complexity index is 1700. The third kappa shape index (κ3) is 3.93. The van der Waals surface area contributed by atoms with E-state index in [0.717, 1.165) is 17.0 Å². The lowest BCUT2D eigenvalue weighted by Crippen LogP contribution is -2.31. The highest BCUT2D eigenvalue weighted by Crippen LogP contribution is 2.44. The Morgan fingerprint density at radius 2 is 1.81 bits per heavy atom. The molecule has 2 heterocycles. The van der Waals surface area contributed by atoms with Crippen LogP contribution in [0.25, 0.3) is 11.0 Å². The molecule has 182 valence electrons. The maximum absolute atomic E-state index is 13.7. The molecule has 11 heteroatoms. The molecule has 0 saturated carbocycles. The number of aliphatic hydroxyl groups is 1. The van der Waals surface area contributed by atoms with Gasteiger partial charge < -0.3 is 14.6 Å². The molecular formula is C26H14ClN3O7. The summed E-state index contributed by atoms with van der Waals surface area (Å²) in [7, 11) is 0. The number of phenolic OH excluding ortho intramolecular Hbond substituents is 1. The molecular weight excluding hydrogens is 502 g/mol. The van der Waals surface area contributed by atoms with Gasteiger partial charge in [-0.15, -0.1) is 0 Å². The number of carbonyl (C=O) groups excluding carboxylic acids is 2. The fourth-order valence-corrected chi connectivity index (χ4v) is 4.41. The topological polar surface area (TPSA) is 158 Å². The van der Waals surface area contributed by atoms with Crippen molar-refractivity contribution in [3.8, 4) is 11.8 Å². The summed E-state index contributed by atoms with van der Waals surface area (Å²) in [5, 5.41) is 42.3. The number of amides is 1. The molecule has 1 unspecified atom stereocenters. The molecule has 10 nitrogen and oxygen atoms in total. The first kappa shape index (κ1) is 23.6. The Hall–Kier alpha value is -5.14. The number of benzene rings is 3. The number of nitro benzene ring substituents is 1. The second kappa shape index (κ2) is 8.82. The van der Waals surface area contributed by atoms with Crippen LogP contribution in [0.15, 0.2) is 82.5 Å². The monoisotopic (exact) mass is 515 g/mol. The van der Waals surface area contributed by atoms with Gasteiger partial charge in [0.2, 0.25) is 5.78 Å². The molecule has 0 radical (unpaired) electrons. The lowest BCUT2D eigenvalue weighted by atomic mass is 9.94. The summed E-state index contributed by atoms with van der Waals surface area (Å²) in [5.41, 5.74) is -0.0791. The van der Waals surface area contributed by atoms with Crippen molar-refractivity contribution < 1.29 is 29.1 Å². The zero-order valence-corrected chi connectivity index (χ0v) is 19.3. The van der Waals surface area contributed by atoms with E-state index in [1.807, 2.05) is 6.07 Å². The molecule has 3 aromatic carbocycles. The second-order valence-electron chi connectivity index (χ2n) is 8.13. The molecule has 2 N–H and O–H groups in total. The average Bonchev–Trinajstić information content (AvgIpc) is 3.42. The molecule has 0 bridgehead atoms. The summed E-state index contributed by atoms with van der Waals surface area (Å²) in [4.78, 5) is 38.7. The first-order valence-corrected chi connectivity index (χ1v) is 11.1. The van der Waals surface area contributed by atoms with Crippen LogP contribution < -0.4 is 4.90 Å². The van der Waals surface area contributed by atoms with Crippen molar-refractivity contribution in [1.82, 2.24) is 0 Å². The van der Waals surface area contributed by atoms with Crippen molar-refractivity contribution in [3.63, 3.8) is 0 Å². The molecule has 4 aromatic rings. The zero-order chi connectivity index (χ0) is 26.4. The Balaban J connectivity index is 1.69. The molecule has 0 aliphatic carbocycles. The molecule has 1 amide bonds. The molecule has 0 fully saturated rings. The van der Waals surface area contributed by atoms with E-state index in [9.17, 15) is 29.9 Å². The number of halogens is 1. The molecule has 1 aliphatic rings. The summed E-state index contributed by atoms with van der Waals surface area (Å²) < 4.78 is 5.65. The molecule has 1 aliphatic heterocycles. The van der Waals surface area contributed by atoms with Crippen LogP contribution >= 0.6 is 11.6 Å². The quantitative estimate of drug-likeness (QED) is 0.204. The van der Waals surface area contributed by atoms with Crippen LogP contribution in [0.4, 0.5) is 11.4 Å². The summed E-state index contributed by atoms with van der Waals surface area (Å²) >= 11 is 6.02. The van der Waals surface area contributed by atoms with Crippen molar-refractivity contribution in [1.29, 1.82) is 5.26 Å². The smallest absolute Gasteiger partial charge is 0.311 e. The number of aliphatic hydroxyl groups excluding tert-OH is 1. The maximum Gasteiger partial charge on any atom is 0.311 e. The van der Waals surface area contributed by atoms with E-state index in [1.54, 1.807) is 18.2 Å². The van der Waals surface area contributed by atoms with Crippen LogP contribution in [0.5, 0.6) is 5.75 Å². The Morgan fingerprint density at radius 3 is 2.49 bits per heavy atom. The van der Waals surface area contributed by atoms with E-state index in [2.05, 4.69) is 0 Å². The lowest BCUT2D eigenvalue weighted by molar-refractivity contribution is -0.385. The summed E-state index contributed by atoms with van der Waals surface area (Å²) in [6.07, 6.45) is 0. The van der Waals surface area contributed by atoms with E-state index in [4.69, 9.17) is 21.3 Å². The van der Waals surface area contributed by atoms with E-state index in [1.165, 1.54) is 36.4 Å². The van der Waals surface area contributed by atoms with Crippen molar-refractivity contribution in [3.05, 3.63) is 110 Å². The predicted octanol–water partition coefficient (Wildman–Crippen LogP) is 5.35. The van der Waals surface area contributed by atoms with Gasteiger partial charge in [-0.1, -0.05) is 17.7 Å². The number of Topliss-reactive ketones (excluding diaryl/α,β-unsaturated/α-hetero) is 1. The maximum atomic E-state index is 13.7. The van der Waals surface area contributed by atoms with Gasteiger partial charge in [-0.05, 0) is 60.2 Å². The Labute approximate surface area is 213 Å². The molecule has 1 aromatic heterocycles. The van der Waals surface area contributed by atoms with Gasteiger partial charge in [0.05, 0.1) is 28.2 Å². The summed E-state index contributed by atoms with van der Waals surface area (Å²) in [5.74, 6) is -3.43. The zero-order valence-electron chi connectivity index (χ0n) is 18.6. The highest BCUT2D eigenvalue weighted by Gasteiger charge is 2.46. The second-order valence-corrected chi connectivity index (χ2v) is 8.56. The number of carbonyl (C=O) groups is 2. The fourth-order valence-electron chi connectivity index (χ4n) is 4.23. The largest absolute Gasteiger partial charge is 0.503 e. The minimum absolute atomic E-state index is 0.0776. The predicted molar refractivity (Wildman–Crippen MR) is 131 cm³/mol. The van der Waals surface area contributed by atoms with Crippen LogP contribution in [0.3, 0.4) is 0 Å². The molecule has 0 saturated heterocycles. The van der Waals surface area contributed by atoms with E-state index in [0.29, 0.717) is 21.6 Å². The first-order valence-electron chi connectivity index (χ1n) is 10.7. The number of rotatable bonds is 5. The van der Waals surface area contributed by atoms with Crippen LogP contribution in [0.2, 0.25) is 5.02 Å². The SMILES string of the molecule is N#Cc1ccc(N2C(=O)C(O)=C(C(=O)c3cc4cc(Cl)ccc4o3)C2c2ccc(O)c([N+](=O)[O-])c2)cc1. The van der Waals surface area contributed by atoms with Gasteiger partial charge >= 0.3 is 5.69 Å². The third-order valence-corrected chi connectivity index (χ3v) is 6.18. The van der Waals surface area contributed by atoms with Crippen molar-refractivity contribution >= 4 is 45.6 Å². The highest BCUT2D eigenvalue weighted by molar-refractivity contribution is 6.31. The van der Waals surface area contributed by atoms with Crippen LogP contribution in [0.1, 0.15) is 27.7 Å². The van der Waals surface area contributed by atoms with Crippen molar-refractivity contribution in [2.24, 2.45) is 0 Å². The van der Waals surface area contributed by atoms with Crippen LogP contribution in [-0.2, 0) is 4.79 Å². The van der Waals surface area contributed by atoms with Crippen LogP contribution in [-0.4, -0.2) is 26.8 Å². The summed E-state index contributed by atoms with van der Waals surface area (Å²) in [6, 6.07) is 15.9. The normalized spacial score (nSPS) is 15.3. The molecule has 5 rings (SSSR count). The van der Waals surface area contributed by atoms with Crippen molar-refractivity contribution in [2.75, 3.05) is 4.90 Å². The van der Waals surface area contributed by atoms with Gasteiger partial charge in [-0.25, -0.2) is 0 Å². The van der Waals surface area contributed by atoms with Crippen molar-refractivity contribution in [2.45, 2.75) is 6.04 Å². The summed E-state index contributed by atoms with van der Waals surface area (Å²) in [6.45, 7) is 0. The lowest BCUT2D eigenvalue weighted by Gasteiger charge is -2.26. The standard InChI is InChI=1S/C26H14ClN3O7/c27-16-4-8-20-15(9-16)11-21(37-20)24(32)22-23(14-3-7-19(31)18(10-14)30(35)36)29(26(34)25(22)33)17-5-1-13(12-28)2-6-17/h1-11,23,31,33H. The number of ketones is 1. The van der Waals surface area contributed by atoms with Gasteiger partial charge in [-0.2, -0.15) is 5.26 Å². The number of nitrogens with zero attached hydrogens (tertiary/aromatic N) is 3. The number of fused-ring (bicyclic) bond motifs is 1. The first-order chi connectivity index (χ1) is 17.7. The van der Waals surface area contributed by atoms with Gasteiger partial charge in [0.1, 0.15) is 5.58 Å². The minimum atomic E-state index is -1.32. The van der Waals surface area contributed by atoms with Gasteiger partial charge in [0.25, 0.3) is 5.91 Å². The number of aromatic hydroxyl groups is 1. The Kier molecular flexibility index (Phi) is 5.62. The number of hydrogen-bond acceptors (Lipinski definition) is 8. The number of hydrogen-bond donors (Lipinski definition) is 2. The average molecular weight is 516 g/mol. The molecule has 37 heavy (non-hydrogen) atoms. The number of phenols is 1. The molecule has 0 spiro atoms. The number of furan rings is 1. The highest BCUT2D eigenvalue weighted by atomic mass is 35.5. The van der Waals surface area contributed by atoms with Crippen LogP contribution in [0, 0.1) is 21.4 Å². The van der Waals surface area contributed by atoms with E-state index in [-0.39, 0.29) is 22.6 Å². The van der Waals surface area contributed by atoms with E-state index < -0.39 is 39.9 Å². The third-order valence-electron chi connectivity index (χ3n) is 5.94. The van der Waals surface area contributed by atoms with E-state index >= 15 is 0 Å².